The number of carbonyl (C=O) groups excluding carboxylic acids is 2. The zero-order valence-electron chi connectivity index (χ0n) is 17.9. The van der Waals surface area contributed by atoms with Crippen LogP contribution in [0.4, 0.5) is 5.69 Å². The van der Waals surface area contributed by atoms with Crippen molar-refractivity contribution in [2.75, 3.05) is 19.0 Å². The monoisotopic (exact) mass is 529 g/mol. The molecule has 3 aromatic rings. The largest absolute Gasteiger partial charge is 0.497 e. The standard InChI is InChI=1S/C24H21BrClN3O4/c1-15-6-8-18(12-21(15)26)28-23(30)14-33-22-9-7-16(10-20(22)25)13-27-29-24(31)17-4-3-5-19(11-17)32-2/h3-13H,14H2,1-2H3,(H,28,30)(H,29,31)/b27-13+. The second kappa shape index (κ2) is 11.5. The molecule has 0 aliphatic carbocycles. The number of aryl methyl sites for hydroxylation is 1. The summed E-state index contributed by atoms with van der Waals surface area (Å²) < 4.78 is 11.3. The van der Waals surface area contributed by atoms with Crippen LogP contribution in [-0.4, -0.2) is 31.7 Å². The van der Waals surface area contributed by atoms with Crippen molar-refractivity contribution in [3.63, 3.8) is 0 Å². The molecule has 2 N–H and O–H groups in total. The van der Waals surface area contributed by atoms with E-state index < -0.39 is 0 Å². The lowest BCUT2D eigenvalue weighted by Gasteiger charge is -2.10. The summed E-state index contributed by atoms with van der Waals surface area (Å²) in [6.07, 6.45) is 1.50. The summed E-state index contributed by atoms with van der Waals surface area (Å²) in [5.74, 6) is 0.407. The Hall–Kier alpha value is -3.36. The van der Waals surface area contributed by atoms with E-state index in [2.05, 4.69) is 31.8 Å². The van der Waals surface area contributed by atoms with Gasteiger partial charge in [-0.25, -0.2) is 5.43 Å². The van der Waals surface area contributed by atoms with Crippen LogP contribution in [0.3, 0.4) is 0 Å². The molecule has 0 radical (unpaired) electrons. The molecule has 0 unspecified atom stereocenters. The molecule has 0 aliphatic heterocycles. The number of nitrogens with zero attached hydrogens (tertiary/aromatic N) is 1. The number of ether oxygens (including phenoxy) is 2. The van der Waals surface area contributed by atoms with Gasteiger partial charge in [0.15, 0.2) is 6.61 Å². The number of anilines is 1. The minimum Gasteiger partial charge on any atom is -0.497 e. The number of rotatable bonds is 8. The Morgan fingerprint density at radius 1 is 1.12 bits per heavy atom. The van der Waals surface area contributed by atoms with Gasteiger partial charge in [-0.15, -0.1) is 0 Å². The zero-order chi connectivity index (χ0) is 23.8. The molecule has 170 valence electrons. The molecule has 0 atom stereocenters. The Morgan fingerprint density at radius 2 is 1.94 bits per heavy atom. The van der Waals surface area contributed by atoms with Crippen LogP contribution >= 0.6 is 27.5 Å². The molecular weight excluding hydrogens is 510 g/mol. The SMILES string of the molecule is COc1cccc(C(=O)N/N=C/c2ccc(OCC(=O)Nc3ccc(C)c(Cl)c3)c(Br)c2)c1. The third-order valence-corrected chi connectivity index (χ3v) is 5.51. The van der Waals surface area contributed by atoms with Crippen LogP contribution in [0, 0.1) is 6.92 Å². The van der Waals surface area contributed by atoms with Crippen LogP contribution in [0.15, 0.2) is 70.2 Å². The second-order valence-electron chi connectivity index (χ2n) is 6.92. The first-order valence-corrected chi connectivity index (χ1v) is 11.0. The third-order valence-electron chi connectivity index (χ3n) is 4.48. The quantitative estimate of drug-likeness (QED) is 0.309. The van der Waals surface area contributed by atoms with Gasteiger partial charge in [0.05, 0.1) is 17.8 Å². The van der Waals surface area contributed by atoms with Gasteiger partial charge in [-0.2, -0.15) is 5.10 Å². The summed E-state index contributed by atoms with van der Waals surface area (Å²) in [7, 11) is 1.53. The zero-order valence-corrected chi connectivity index (χ0v) is 20.2. The van der Waals surface area contributed by atoms with Crippen LogP contribution in [0.25, 0.3) is 0 Å². The highest BCUT2D eigenvalue weighted by atomic mass is 79.9. The van der Waals surface area contributed by atoms with Gasteiger partial charge >= 0.3 is 0 Å². The Morgan fingerprint density at radius 3 is 2.67 bits per heavy atom. The number of halogens is 2. The fourth-order valence-corrected chi connectivity index (χ4v) is 3.41. The lowest BCUT2D eigenvalue weighted by molar-refractivity contribution is -0.118. The molecule has 0 aromatic heterocycles. The van der Waals surface area contributed by atoms with Crippen molar-refractivity contribution in [3.05, 3.63) is 86.8 Å². The molecule has 3 rings (SSSR count). The average molecular weight is 531 g/mol. The van der Waals surface area contributed by atoms with Gasteiger partial charge in [0.25, 0.3) is 11.8 Å². The van der Waals surface area contributed by atoms with E-state index in [9.17, 15) is 9.59 Å². The molecule has 0 saturated carbocycles. The van der Waals surface area contributed by atoms with Crippen LogP contribution in [0.1, 0.15) is 21.5 Å². The third kappa shape index (κ3) is 7.06. The van der Waals surface area contributed by atoms with E-state index in [0.29, 0.717) is 32.2 Å². The average Bonchev–Trinajstić information content (AvgIpc) is 2.81. The number of hydrogen-bond donors (Lipinski definition) is 2. The minimum absolute atomic E-state index is 0.172. The maximum absolute atomic E-state index is 12.2. The number of amides is 2. The molecular formula is C24H21BrClN3O4. The summed E-state index contributed by atoms with van der Waals surface area (Å²) in [6, 6.07) is 17.3. The molecule has 7 nitrogen and oxygen atoms in total. The Balaban J connectivity index is 1.53. The topological polar surface area (TPSA) is 89.0 Å². The molecule has 2 amide bonds. The smallest absolute Gasteiger partial charge is 0.271 e. The lowest BCUT2D eigenvalue weighted by Crippen LogP contribution is -2.20. The van der Waals surface area contributed by atoms with Gasteiger partial charge in [0.2, 0.25) is 0 Å². The number of methoxy groups -OCH3 is 1. The minimum atomic E-state index is -0.356. The first-order chi connectivity index (χ1) is 15.9. The van der Waals surface area contributed by atoms with Crippen molar-refractivity contribution in [3.8, 4) is 11.5 Å². The van der Waals surface area contributed by atoms with Crippen LogP contribution in [0.5, 0.6) is 11.5 Å². The number of carbonyl (C=O) groups is 2. The van der Waals surface area contributed by atoms with Crippen LogP contribution in [0.2, 0.25) is 5.02 Å². The van der Waals surface area contributed by atoms with Gasteiger partial charge in [-0.1, -0.05) is 23.7 Å². The van der Waals surface area contributed by atoms with Gasteiger partial charge in [-0.05, 0) is 82.5 Å². The van der Waals surface area contributed by atoms with Gasteiger partial charge in [0, 0.05) is 16.3 Å². The molecule has 0 fully saturated rings. The lowest BCUT2D eigenvalue weighted by atomic mass is 10.2. The Kier molecular flexibility index (Phi) is 8.46. The van der Waals surface area contributed by atoms with E-state index in [-0.39, 0.29) is 18.4 Å². The van der Waals surface area contributed by atoms with Gasteiger partial charge in [0.1, 0.15) is 11.5 Å². The second-order valence-corrected chi connectivity index (χ2v) is 8.18. The normalized spacial score (nSPS) is 10.7. The number of hydrazone groups is 1. The van der Waals surface area contributed by atoms with E-state index in [0.717, 1.165) is 11.1 Å². The first kappa shape index (κ1) is 24.3. The maximum atomic E-state index is 12.2. The molecule has 0 aliphatic rings. The van der Waals surface area contributed by atoms with Gasteiger partial charge < -0.3 is 14.8 Å². The highest BCUT2D eigenvalue weighted by Crippen LogP contribution is 2.26. The molecule has 3 aromatic carbocycles. The Labute approximate surface area is 204 Å². The predicted octanol–water partition coefficient (Wildman–Crippen LogP) is 5.20. The molecule has 0 heterocycles. The van der Waals surface area contributed by atoms with Crippen LogP contribution < -0.4 is 20.2 Å². The summed E-state index contributed by atoms with van der Waals surface area (Å²) in [5.41, 5.74) is 5.15. The van der Waals surface area contributed by atoms with Gasteiger partial charge in [-0.3, -0.25) is 9.59 Å². The molecule has 9 heteroatoms. The predicted molar refractivity (Wildman–Crippen MR) is 133 cm³/mol. The summed E-state index contributed by atoms with van der Waals surface area (Å²) >= 11 is 9.49. The fourth-order valence-electron chi connectivity index (χ4n) is 2.72. The van der Waals surface area contributed by atoms with E-state index in [1.54, 1.807) is 54.6 Å². The molecule has 33 heavy (non-hydrogen) atoms. The highest BCUT2D eigenvalue weighted by molar-refractivity contribution is 9.10. The van der Waals surface area contributed by atoms with Crippen molar-refractivity contribution in [2.45, 2.75) is 6.92 Å². The van der Waals surface area contributed by atoms with Crippen molar-refractivity contribution < 1.29 is 19.1 Å². The van der Waals surface area contributed by atoms with E-state index in [4.69, 9.17) is 21.1 Å². The van der Waals surface area contributed by atoms with Crippen molar-refractivity contribution >= 4 is 51.2 Å². The van der Waals surface area contributed by atoms with Crippen molar-refractivity contribution in [1.82, 2.24) is 5.43 Å². The Bertz CT molecular complexity index is 1200. The van der Waals surface area contributed by atoms with E-state index >= 15 is 0 Å². The van der Waals surface area contributed by atoms with E-state index in [1.807, 2.05) is 13.0 Å². The summed E-state index contributed by atoms with van der Waals surface area (Å²) in [4.78, 5) is 24.3. The number of hydrogen-bond acceptors (Lipinski definition) is 5. The number of nitrogens with one attached hydrogen (secondary N) is 2. The molecule has 0 saturated heterocycles. The maximum Gasteiger partial charge on any atom is 0.271 e. The summed E-state index contributed by atoms with van der Waals surface area (Å²) in [6.45, 7) is 1.71. The summed E-state index contributed by atoms with van der Waals surface area (Å²) in [5, 5.41) is 7.29. The van der Waals surface area contributed by atoms with Crippen molar-refractivity contribution in [2.24, 2.45) is 5.10 Å². The molecule has 0 spiro atoms. The molecule has 0 bridgehead atoms. The fraction of sp³-hybridized carbons (Fsp3) is 0.125. The first-order valence-electron chi connectivity index (χ1n) is 9.81. The van der Waals surface area contributed by atoms with Crippen molar-refractivity contribution in [1.29, 1.82) is 0 Å². The van der Waals surface area contributed by atoms with E-state index in [1.165, 1.54) is 13.3 Å². The highest BCUT2D eigenvalue weighted by Gasteiger charge is 2.08. The van der Waals surface area contributed by atoms with Crippen LogP contribution in [-0.2, 0) is 4.79 Å². The number of benzene rings is 3.